The van der Waals surface area contributed by atoms with Crippen LogP contribution >= 0.6 is 11.8 Å². The van der Waals surface area contributed by atoms with E-state index in [1.807, 2.05) is 65.4 Å². The minimum Gasteiger partial charge on any atom is -0.480 e. The molecule has 1 atom stereocenters. The summed E-state index contributed by atoms with van der Waals surface area (Å²) >= 11 is 1.56. The van der Waals surface area contributed by atoms with Crippen molar-refractivity contribution in [1.29, 1.82) is 0 Å². The normalized spacial score (nSPS) is 12.0. The van der Waals surface area contributed by atoms with E-state index in [0.717, 1.165) is 22.2 Å². The zero-order chi connectivity index (χ0) is 19.2. The molecule has 5 nitrogen and oxygen atoms in total. The lowest BCUT2D eigenvalue weighted by molar-refractivity contribution is -0.141. The maximum absolute atomic E-state index is 12.6. The minimum absolute atomic E-state index is 0.0702. The summed E-state index contributed by atoms with van der Waals surface area (Å²) < 4.78 is 1.94. The Bertz CT molecular complexity index is 937. The lowest BCUT2D eigenvalue weighted by Gasteiger charge is -2.16. The van der Waals surface area contributed by atoms with Crippen molar-refractivity contribution in [2.24, 2.45) is 0 Å². The fourth-order valence-corrected chi connectivity index (χ4v) is 3.58. The molecule has 140 valence electrons. The first-order valence-corrected chi connectivity index (χ1v) is 10.1. The van der Waals surface area contributed by atoms with Gasteiger partial charge in [-0.05, 0) is 36.1 Å². The van der Waals surface area contributed by atoms with E-state index in [-0.39, 0.29) is 12.5 Å². The number of thioether (sulfide) groups is 1. The molecule has 1 amide bonds. The molecule has 0 bridgehead atoms. The summed E-state index contributed by atoms with van der Waals surface area (Å²) in [4.78, 5) is 24.0. The van der Waals surface area contributed by atoms with E-state index in [0.29, 0.717) is 12.2 Å². The number of carboxylic acids is 1. The monoisotopic (exact) mass is 382 g/mol. The molecule has 0 unspecified atom stereocenters. The van der Waals surface area contributed by atoms with Crippen molar-refractivity contribution in [1.82, 2.24) is 9.88 Å². The van der Waals surface area contributed by atoms with Gasteiger partial charge in [-0.3, -0.25) is 4.79 Å². The van der Waals surface area contributed by atoms with Gasteiger partial charge in [0, 0.05) is 16.6 Å². The van der Waals surface area contributed by atoms with Crippen LogP contribution in [-0.4, -0.2) is 39.6 Å². The highest BCUT2D eigenvalue weighted by molar-refractivity contribution is 7.98. The van der Waals surface area contributed by atoms with E-state index in [9.17, 15) is 14.7 Å². The van der Waals surface area contributed by atoms with Crippen molar-refractivity contribution in [3.05, 3.63) is 60.7 Å². The Labute approximate surface area is 162 Å². The van der Waals surface area contributed by atoms with Crippen LogP contribution in [0.1, 0.15) is 6.42 Å². The lowest BCUT2D eigenvalue weighted by Crippen LogP contribution is -2.42. The van der Waals surface area contributed by atoms with Crippen LogP contribution in [0.15, 0.2) is 60.7 Å². The number of fused-ring (bicyclic) bond motifs is 1. The van der Waals surface area contributed by atoms with Crippen molar-refractivity contribution >= 4 is 34.5 Å². The Morgan fingerprint density at radius 2 is 1.81 bits per heavy atom. The Hall–Kier alpha value is -2.73. The number of carboxylic acid groups (broad SMARTS) is 1. The summed E-state index contributed by atoms with van der Waals surface area (Å²) in [6.07, 6.45) is 2.32. The minimum atomic E-state index is -1.00. The second-order valence-electron chi connectivity index (χ2n) is 6.28. The molecular weight excluding hydrogens is 360 g/mol. The predicted molar refractivity (Wildman–Crippen MR) is 110 cm³/mol. The second kappa shape index (κ2) is 8.77. The number of amides is 1. The topological polar surface area (TPSA) is 71.3 Å². The van der Waals surface area contributed by atoms with E-state index < -0.39 is 12.0 Å². The van der Waals surface area contributed by atoms with Crippen LogP contribution in [0, 0.1) is 0 Å². The fraction of sp³-hybridized carbons (Fsp3) is 0.238. The van der Waals surface area contributed by atoms with Gasteiger partial charge in [0.1, 0.15) is 12.6 Å². The molecule has 1 heterocycles. The van der Waals surface area contributed by atoms with Crippen LogP contribution in [0.4, 0.5) is 0 Å². The van der Waals surface area contributed by atoms with Crippen LogP contribution in [0.3, 0.4) is 0 Å². The number of nitrogens with zero attached hydrogens (tertiary/aromatic N) is 1. The number of para-hydroxylation sites is 1. The number of benzene rings is 2. The molecule has 0 fully saturated rings. The maximum Gasteiger partial charge on any atom is 0.326 e. The molecule has 0 saturated heterocycles. The first-order valence-electron chi connectivity index (χ1n) is 8.75. The van der Waals surface area contributed by atoms with Crippen LogP contribution in [0.2, 0.25) is 0 Å². The molecule has 2 aromatic carbocycles. The number of carbonyl (C=O) groups excluding carboxylic acids is 1. The summed E-state index contributed by atoms with van der Waals surface area (Å²) in [6.45, 7) is 0.0702. The van der Waals surface area contributed by atoms with Gasteiger partial charge in [-0.25, -0.2) is 4.79 Å². The van der Waals surface area contributed by atoms with Crippen molar-refractivity contribution in [3.63, 3.8) is 0 Å². The fourth-order valence-electron chi connectivity index (χ4n) is 3.11. The molecule has 3 aromatic rings. The average molecular weight is 382 g/mol. The molecule has 0 spiro atoms. The number of nitrogens with one attached hydrogen (secondary N) is 1. The van der Waals surface area contributed by atoms with Gasteiger partial charge in [0.2, 0.25) is 5.91 Å². The largest absolute Gasteiger partial charge is 0.480 e. The molecule has 6 heteroatoms. The summed E-state index contributed by atoms with van der Waals surface area (Å²) in [6, 6.07) is 18.9. The van der Waals surface area contributed by atoms with E-state index in [4.69, 9.17) is 0 Å². The van der Waals surface area contributed by atoms with Gasteiger partial charge in [0.15, 0.2) is 0 Å². The molecular formula is C21H22N2O3S. The van der Waals surface area contributed by atoms with Crippen LogP contribution in [0.25, 0.3) is 22.2 Å². The van der Waals surface area contributed by atoms with E-state index in [1.165, 1.54) is 0 Å². The first kappa shape index (κ1) is 19.0. The number of hydrogen-bond acceptors (Lipinski definition) is 3. The molecule has 0 aliphatic heterocycles. The van der Waals surface area contributed by atoms with E-state index in [1.54, 1.807) is 11.8 Å². The predicted octanol–water partition coefficient (Wildman–Crippen LogP) is 3.63. The highest BCUT2D eigenvalue weighted by Crippen LogP contribution is 2.28. The molecule has 3 rings (SSSR count). The van der Waals surface area contributed by atoms with Crippen molar-refractivity contribution in [2.45, 2.75) is 19.0 Å². The summed E-state index contributed by atoms with van der Waals surface area (Å²) in [5.74, 6) is -0.626. The smallest absolute Gasteiger partial charge is 0.326 e. The van der Waals surface area contributed by atoms with E-state index in [2.05, 4.69) is 11.4 Å². The van der Waals surface area contributed by atoms with E-state index >= 15 is 0 Å². The first-order chi connectivity index (χ1) is 13.1. The van der Waals surface area contributed by atoms with Crippen molar-refractivity contribution in [2.75, 3.05) is 12.0 Å². The molecule has 1 aromatic heterocycles. The molecule has 0 aliphatic carbocycles. The third-order valence-electron chi connectivity index (χ3n) is 4.43. The van der Waals surface area contributed by atoms with Gasteiger partial charge in [-0.2, -0.15) is 11.8 Å². The number of carbonyl (C=O) groups is 2. The van der Waals surface area contributed by atoms with Crippen molar-refractivity contribution < 1.29 is 14.7 Å². The van der Waals surface area contributed by atoms with Gasteiger partial charge in [0.25, 0.3) is 0 Å². The van der Waals surface area contributed by atoms with Gasteiger partial charge in [0.05, 0.1) is 0 Å². The van der Waals surface area contributed by atoms with Gasteiger partial charge < -0.3 is 15.0 Å². The zero-order valence-corrected chi connectivity index (χ0v) is 15.9. The SMILES string of the molecule is CSCC[C@H](NC(=O)Cn1c(-c2ccccc2)cc2ccccc21)C(=O)O. The highest BCUT2D eigenvalue weighted by Gasteiger charge is 2.21. The lowest BCUT2D eigenvalue weighted by atomic mass is 10.1. The highest BCUT2D eigenvalue weighted by atomic mass is 32.2. The zero-order valence-electron chi connectivity index (χ0n) is 15.1. The number of hydrogen-bond donors (Lipinski definition) is 2. The van der Waals surface area contributed by atoms with Crippen LogP contribution < -0.4 is 5.32 Å². The summed E-state index contributed by atoms with van der Waals surface area (Å²) in [7, 11) is 0. The number of rotatable bonds is 8. The van der Waals surface area contributed by atoms with Gasteiger partial charge >= 0.3 is 5.97 Å². The molecule has 0 aliphatic rings. The van der Waals surface area contributed by atoms with Gasteiger partial charge in [-0.15, -0.1) is 0 Å². The van der Waals surface area contributed by atoms with Crippen LogP contribution in [0.5, 0.6) is 0 Å². The van der Waals surface area contributed by atoms with Crippen LogP contribution in [-0.2, 0) is 16.1 Å². The third kappa shape index (κ3) is 4.52. The second-order valence-corrected chi connectivity index (χ2v) is 7.27. The summed E-state index contributed by atoms with van der Waals surface area (Å²) in [5, 5.41) is 13.1. The Kier molecular flexibility index (Phi) is 6.19. The quantitative estimate of drug-likeness (QED) is 0.624. The molecule has 0 radical (unpaired) electrons. The molecule has 27 heavy (non-hydrogen) atoms. The Morgan fingerprint density at radius 3 is 2.52 bits per heavy atom. The molecule has 2 N–H and O–H groups in total. The molecule has 0 saturated carbocycles. The number of aliphatic carboxylic acids is 1. The Balaban J connectivity index is 1.89. The third-order valence-corrected chi connectivity index (χ3v) is 5.07. The summed E-state index contributed by atoms with van der Waals surface area (Å²) in [5.41, 5.74) is 2.89. The number of aromatic nitrogens is 1. The standard InChI is InChI=1S/C21H22N2O3S/c1-27-12-11-17(21(25)26)22-20(24)14-23-18-10-6-5-9-16(18)13-19(23)15-7-3-2-4-8-15/h2-10,13,17H,11-12,14H2,1H3,(H,22,24)(H,25,26)/t17-/m0/s1. The van der Waals surface area contributed by atoms with Crippen molar-refractivity contribution in [3.8, 4) is 11.3 Å². The average Bonchev–Trinajstić information content (AvgIpc) is 3.04. The Morgan fingerprint density at radius 1 is 1.11 bits per heavy atom. The maximum atomic E-state index is 12.6. The van der Waals surface area contributed by atoms with Gasteiger partial charge in [-0.1, -0.05) is 48.5 Å².